The van der Waals surface area contributed by atoms with Crippen LogP contribution in [0.5, 0.6) is 0 Å². The molecule has 0 saturated heterocycles. The lowest BCUT2D eigenvalue weighted by molar-refractivity contribution is 0.584. The van der Waals surface area contributed by atoms with Gasteiger partial charge in [-0.25, -0.2) is 4.98 Å². The average molecular weight is 246 g/mol. The van der Waals surface area contributed by atoms with E-state index in [2.05, 4.69) is 22.6 Å². The van der Waals surface area contributed by atoms with Gasteiger partial charge in [0.15, 0.2) is 0 Å². The first-order valence-corrected chi connectivity index (χ1v) is 7.50. The first-order chi connectivity index (χ1) is 7.13. The Kier molecular flexibility index (Phi) is 5.42. The maximum atomic E-state index is 11.2. The van der Waals surface area contributed by atoms with Gasteiger partial charge in [0.1, 0.15) is 0 Å². The Morgan fingerprint density at radius 3 is 2.93 bits per heavy atom. The molecule has 1 heterocycles. The van der Waals surface area contributed by atoms with Crippen molar-refractivity contribution in [2.45, 2.75) is 26.8 Å². The van der Waals surface area contributed by atoms with Crippen molar-refractivity contribution in [1.82, 2.24) is 10.3 Å². The summed E-state index contributed by atoms with van der Waals surface area (Å²) < 4.78 is 11.2. The SMILES string of the molecule is CCS(=O)CCNC(C)c1csc(C)n1. The van der Waals surface area contributed by atoms with Crippen LogP contribution >= 0.6 is 11.3 Å². The lowest BCUT2D eigenvalue weighted by Gasteiger charge is -2.10. The van der Waals surface area contributed by atoms with Crippen LogP contribution in [0.3, 0.4) is 0 Å². The minimum atomic E-state index is -0.675. The van der Waals surface area contributed by atoms with Gasteiger partial charge in [-0.15, -0.1) is 11.3 Å². The molecule has 3 nitrogen and oxygen atoms in total. The number of hydrogen-bond donors (Lipinski definition) is 1. The zero-order valence-corrected chi connectivity index (χ0v) is 11.1. The fourth-order valence-corrected chi connectivity index (χ4v) is 2.56. The Balaban J connectivity index is 2.30. The Morgan fingerprint density at radius 1 is 1.67 bits per heavy atom. The summed E-state index contributed by atoms with van der Waals surface area (Å²) in [6.45, 7) is 6.83. The number of hydrogen-bond acceptors (Lipinski definition) is 4. The minimum absolute atomic E-state index is 0.254. The normalized spacial score (nSPS) is 15.1. The number of nitrogens with zero attached hydrogens (tertiary/aromatic N) is 1. The summed E-state index contributed by atoms with van der Waals surface area (Å²) in [5.74, 6) is 1.47. The van der Waals surface area contributed by atoms with Gasteiger partial charge in [-0.2, -0.15) is 0 Å². The number of aromatic nitrogens is 1. The monoisotopic (exact) mass is 246 g/mol. The summed E-state index contributed by atoms with van der Waals surface area (Å²) in [7, 11) is -0.675. The molecular formula is C10H18N2OS2. The second-order valence-electron chi connectivity index (χ2n) is 3.40. The second-order valence-corrected chi connectivity index (χ2v) is 6.33. The van der Waals surface area contributed by atoms with Crippen molar-refractivity contribution in [3.05, 3.63) is 16.1 Å². The van der Waals surface area contributed by atoms with E-state index in [1.807, 2.05) is 13.8 Å². The number of aryl methyl sites for hydroxylation is 1. The zero-order chi connectivity index (χ0) is 11.3. The molecule has 1 rings (SSSR count). The van der Waals surface area contributed by atoms with Crippen LogP contribution < -0.4 is 5.32 Å². The molecule has 2 unspecified atom stereocenters. The molecule has 15 heavy (non-hydrogen) atoms. The highest BCUT2D eigenvalue weighted by Gasteiger charge is 2.07. The number of rotatable bonds is 6. The van der Waals surface area contributed by atoms with E-state index < -0.39 is 10.8 Å². The van der Waals surface area contributed by atoms with Gasteiger partial charge in [0.2, 0.25) is 0 Å². The molecule has 0 bridgehead atoms. The Morgan fingerprint density at radius 2 is 2.40 bits per heavy atom. The van der Waals surface area contributed by atoms with Crippen molar-refractivity contribution in [2.75, 3.05) is 18.1 Å². The van der Waals surface area contributed by atoms with Crippen LogP contribution in [0.1, 0.15) is 30.6 Å². The smallest absolute Gasteiger partial charge is 0.0898 e. The first kappa shape index (κ1) is 12.8. The van der Waals surface area contributed by atoms with Crippen molar-refractivity contribution in [1.29, 1.82) is 0 Å². The lowest BCUT2D eigenvalue weighted by Crippen LogP contribution is -2.24. The quantitative estimate of drug-likeness (QED) is 0.833. The summed E-state index contributed by atoms with van der Waals surface area (Å²) in [6, 6.07) is 0.254. The van der Waals surface area contributed by atoms with E-state index in [1.165, 1.54) is 0 Å². The van der Waals surface area contributed by atoms with Crippen molar-refractivity contribution in [3.8, 4) is 0 Å². The average Bonchev–Trinajstić information content (AvgIpc) is 2.64. The molecule has 0 aliphatic rings. The van der Waals surface area contributed by atoms with E-state index in [0.29, 0.717) is 0 Å². The summed E-state index contributed by atoms with van der Waals surface area (Å²) in [5.41, 5.74) is 1.08. The Labute approximate surface area is 97.8 Å². The van der Waals surface area contributed by atoms with E-state index in [0.717, 1.165) is 28.8 Å². The van der Waals surface area contributed by atoms with Crippen molar-refractivity contribution < 1.29 is 4.21 Å². The van der Waals surface area contributed by atoms with Gasteiger partial charge >= 0.3 is 0 Å². The van der Waals surface area contributed by atoms with Gasteiger partial charge in [0.05, 0.1) is 10.7 Å². The van der Waals surface area contributed by atoms with Gasteiger partial charge in [-0.3, -0.25) is 4.21 Å². The molecule has 1 N–H and O–H groups in total. The summed E-state index contributed by atoms with van der Waals surface area (Å²) in [6.07, 6.45) is 0. The third kappa shape index (κ3) is 4.40. The van der Waals surface area contributed by atoms with Gasteiger partial charge in [0, 0.05) is 40.3 Å². The third-order valence-corrected chi connectivity index (χ3v) is 4.28. The zero-order valence-electron chi connectivity index (χ0n) is 9.45. The fourth-order valence-electron chi connectivity index (χ4n) is 1.22. The van der Waals surface area contributed by atoms with E-state index in [-0.39, 0.29) is 6.04 Å². The highest BCUT2D eigenvalue weighted by Crippen LogP contribution is 2.15. The van der Waals surface area contributed by atoms with Crippen LogP contribution in [0.25, 0.3) is 0 Å². The van der Waals surface area contributed by atoms with Crippen LogP contribution in [0.15, 0.2) is 5.38 Å². The summed E-state index contributed by atoms with van der Waals surface area (Å²) in [5, 5.41) is 6.50. The number of nitrogens with one attached hydrogen (secondary N) is 1. The maximum Gasteiger partial charge on any atom is 0.0898 e. The molecule has 0 aliphatic carbocycles. The van der Waals surface area contributed by atoms with E-state index >= 15 is 0 Å². The van der Waals surface area contributed by atoms with Crippen molar-refractivity contribution in [2.24, 2.45) is 0 Å². The van der Waals surface area contributed by atoms with E-state index in [9.17, 15) is 4.21 Å². The largest absolute Gasteiger partial charge is 0.308 e. The maximum absolute atomic E-state index is 11.2. The lowest BCUT2D eigenvalue weighted by atomic mass is 10.2. The predicted molar refractivity (Wildman–Crippen MR) is 66.8 cm³/mol. The fraction of sp³-hybridized carbons (Fsp3) is 0.700. The molecule has 5 heteroatoms. The highest BCUT2D eigenvalue weighted by atomic mass is 32.2. The predicted octanol–water partition coefficient (Wildman–Crippen LogP) is 1.87. The van der Waals surface area contributed by atoms with Crippen molar-refractivity contribution >= 4 is 22.1 Å². The molecule has 2 atom stereocenters. The first-order valence-electron chi connectivity index (χ1n) is 5.14. The minimum Gasteiger partial charge on any atom is -0.308 e. The highest BCUT2D eigenvalue weighted by molar-refractivity contribution is 7.84. The summed E-state index contributed by atoms with van der Waals surface area (Å²) in [4.78, 5) is 4.41. The van der Waals surface area contributed by atoms with Crippen LogP contribution in [0.2, 0.25) is 0 Å². The van der Waals surface area contributed by atoms with E-state index in [4.69, 9.17) is 0 Å². The Hall–Kier alpha value is -0.260. The molecule has 0 aromatic carbocycles. The van der Waals surface area contributed by atoms with Crippen LogP contribution in [-0.4, -0.2) is 27.2 Å². The topological polar surface area (TPSA) is 42.0 Å². The van der Waals surface area contributed by atoms with Crippen LogP contribution in [0, 0.1) is 6.92 Å². The molecule has 1 aromatic heterocycles. The van der Waals surface area contributed by atoms with Gasteiger partial charge in [-0.1, -0.05) is 6.92 Å². The van der Waals surface area contributed by atoms with E-state index in [1.54, 1.807) is 11.3 Å². The molecule has 0 fully saturated rings. The molecular weight excluding hydrogens is 228 g/mol. The molecule has 0 amide bonds. The van der Waals surface area contributed by atoms with Crippen LogP contribution in [-0.2, 0) is 10.8 Å². The third-order valence-electron chi connectivity index (χ3n) is 2.18. The molecule has 1 aromatic rings. The number of thiazole rings is 1. The molecule has 0 aliphatic heterocycles. The van der Waals surface area contributed by atoms with Gasteiger partial charge in [0.25, 0.3) is 0 Å². The van der Waals surface area contributed by atoms with Gasteiger partial charge < -0.3 is 5.32 Å². The molecule has 0 radical (unpaired) electrons. The van der Waals surface area contributed by atoms with Crippen LogP contribution in [0.4, 0.5) is 0 Å². The van der Waals surface area contributed by atoms with Gasteiger partial charge in [-0.05, 0) is 13.8 Å². The molecule has 0 saturated carbocycles. The molecule has 0 spiro atoms. The Bertz CT molecular complexity index is 325. The molecule has 86 valence electrons. The summed E-state index contributed by atoms with van der Waals surface area (Å²) >= 11 is 1.67. The second kappa shape index (κ2) is 6.35. The standard InChI is InChI=1S/C10H18N2OS2/c1-4-15(13)6-5-11-8(2)10-7-14-9(3)12-10/h7-8,11H,4-6H2,1-3H3. The van der Waals surface area contributed by atoms with Crippen molar-refractivity contribution in [3.63, 3.8) is 0 Å².